The maximum atomic E-state index is 3.36. The fraction of sp³-hybridized carbons (Fsp3) is 0.400. The van der Waals surface area contributed by atoms with Gasteiger partial charge in [-0.1, -0.05) is 26.7 Å². The fourth-order valence-corrected chi connectivity index (χ4v) is 1.50. The molecule has 1 unspecified atom stereocenters. The van der Waals surface area contributed by atoms with Gasteiger partial charge in [0.05, 0.1) is 0 Å². The van der Waals surface area contributed by atoms with Crippen molar-refractivity contribution in [2.45, 2.75) is 34.1 Å². The molecule has 0 fully saturated rings. The Bertz CT molecular complexity index is 328. The molecule has 2 rings (SSSR count). The van der Waals surface area contributed by atoms with E-state index in [-0.39, 0.29) is 24.8 Å². The summed E-state index contributed by atoms with van der Waals surface area (Å²) >= 11 is 1.75. The van der Waals surface area contributed by atoms with Gasteiger partial charge in [-0.05, 0) is 0 Å². The molecule has 0 aliphatic heterocycles. The van der Waals surface area contributed by atoms with Crippen molar-refractivity contribution < 1.29 is 20.0 Å². The van der Waals surface area contributed by atoms with Gasteiger partial charge in [0.15, 0.2) is 0 Å². The second-order valence-corrected chi connectivity index (χ2v) is 3.80. The summed E-state index contributed by atoms with van der Waals surface area (Å²) in [6, 6.07) is 0. The predicted molar refractivity (Wildman–Crippen MR) is 83.2 cm³/mol. The van der Waals surface area contributed by atoms with E-state index in [4.69, 9.17) is 0 Å². The van der Waals surface area contributed by atoms with Gasteiger partial charge in [-0.25, -0.2) is 17.7 Å². The molecular formula is C15H22Cl2Ti. The molecule has 0 N–H and O–H groups in total. The van der Waals surface area contributed by atoms with Crippen LogP contribution < -0.4 is 0 Å². The van der Waals surface area contributed by atoms with Gasteiger partial charge in [0.1, 0.15) is 0 Å². The van der Waals surface area contributed by atoms with Crippen LogP contribution in [0.5, 0.6) is 0 Å². The van der Waals surface area contributed by atoms with Crippen LogP contribution in [0.25, 0.3) is 0 Å². The van der Waals surface area contributed by atoms with Crippen molar-refractivity contribution in [3.05, 3.63) is 47.1 Å². The standard InChI is InChI=1S/C9H13.C5H5.CH2.2ClH.Ti/c1-6-5-7(2)9(4)8(6)3;1-2-4-5-3-1;;;;/h6H,1-4H3;1-3H,4H2;1H2;2*1H;/q2*-1;;;;+2. The van der Waals surface area contributed by atoms with Gasteiger partial charge >= 0.3 is 24.8 Å². The first-order valence-electron chi connectivity index (χ1n) is 5.48. The third kappa shape index (κ3) is 8.27. The number of halogens is 2. The van der Waals surface area contributed by atoms with E-state index in [0.717, 1.165) is 6.42 Å². The Morgan fingerprint density at radius 1 is 1.22 bits per heavy atom. The second kappa shape index (κ2) is 13.6. The molecule has 0 bridgehead atoms. The summed E-state index contributed by atoms with van der Waals surface area (Å²) in [6.07, 6.45) is 13.4. The SMILES string of the molecule is CC1=[C-]C(C)C(C)=C1C.Cl.Cl.[C-]1=CC=CC1.[CH2]=[Ti+2]. The first-order valence-corrected chi connectivity index (χ1v) is 6.58. The molecule has 0 heterocycles. The summed E-state index contributed by atoms with van der Waals surface area (Å²) in [5.41, 5.74) is 4.25. The molecule has 3 heteroatoms. The first-order chi connectivity index (χ1) is 7.63. The van der Waals surface area contributed by atoms with Crippen LogP contribution >= 0.6 is 24.8 Å². The van der Waals surface area contributed by atoms with Gasteiger partial charge in [-0.2, -0.15) is 17.2 Å². The molecule has 1 atom stereocenters. The summed E-state index contributed by atoms with van der Waals surface area (Å²) in [4.78, 5) is 3.25. The van der Waals surface area contributed by atoms with Crippen molar-refractivity contribution >= 4 is 29.6 Å². The zero-order valence-corrected chi connectivity index (χ0v) is 14.7. The molecule has 0 spiro atoms. The molecule has 0 saturated carbocycles. The van der Waals surface area contributed by atoms with Crippen LogP contribution in [0.15, 0.2) is 34.9 Å². The Balaban J connectivity index is -0.000000217. The van der Waals surface area contributed by atoms with Gasteiger partial charge in [-0.15, -0.1) is 38.2 Å². The first kappa shape index (κ1) is 23.2. The van der Waals surface area contributed by atoms with Crippen LogP contribution in [-0.4, -0.2) is 4.82 Å². The fourth-order valence-electron chi connectivity index (χ4n) is 1.50. The van der Waals surface area contributed by atoms with E-state index in [1.54, 1.807) is 20.0 Å². The van der Waals surface area contributed by atoms with Crippen LogP contribution in [0.3, 0.4) is 0 Å². The second-order valence-electron chi connectivity index (χ2n) is 3.80. The molecule has 18 heavy (non-hydrogen) atoms. The van der Waals surface area contributed by atoms with E-state index in [1.165, 1.54) is 16.7 Å². The van der Waals surface area contributed by atoms with Crippen LogP contribution in [0.1, 0.15) is 34.1 Å². The Morgan fingerprint density at radius 2 is 1.78 bits per heavy atom. The molecule has 0 saturated heterocycles. The summed E-state index contributed by atoms with van der Waals surface area (Å²) in [5.74, 6) is 0.560. The topological polar surface area (TPSA) is 0 Å². The van der Waals surface area contributed by atoms with E-state index in [1.807, 2.05) is 12.2 Å². The predicted octanol–water partition coefficient (Wildman–Crippen LogP) is 4.84. The molecule has 0 aromatic carbocycles. The van der Waals surface area contributed by atoms with E-state index in [2.05, 4.69) is 50.7 Å². The monoisotopic (exact) mass is 320 g/mol. The molecule has 0 amide bonds. The van der Waals surface area contributed by atoms with Crippen LogP contribution in [0, 0.1) is 18.1 Å². The number of allylic oxidation sites excluding steroid dienone is 8. The third-order valence-electron chi connectivity index (χ3n) is 2.82. The van der Waals surface area contributed by atoms with Crippen LogP contribution in [0.2, 0.25) is 0 Å². The van der Waals surface area contributed by atoms with E-state index < -0.39 is 0 Å². The Hall–Kier alpha value is 0.124. The zero-order valence-electron chi connectivity index (χ0n) is 11.5. The van der Waals surface area contributed by atoms with Gasteiger partial charge in [0.25, 0.3) is 0 Å². The summed E-state index contributed by atoms with van der Waals surface area (Å²) in [7, 11) is 0. The molecule has 100 valence electrons. The number of rotatable bonds is 0. The van der Waals surface area contributed by atoms with Gasteiger partial charge < -0.3 is 0 Å². The minimum atomic E-state index is 0. The van der Waals surface area contributed by atoms with Crippen molar-refractivity contribution in [3.8, 4) is 0 Å². The Labute approximate surface area is 136 Å². The van der Waals surface area contributed by atoms with E-state index in [9.17, 15) is 0 Å². The Morgan fingerprint density at radius 3 is 1.89 bits per heavy atom. The average Bonchev–Trinajstić information content (AvgIpc) is 2.93. The molecular weight excluding hydrogens is 299 g/mol. The summed E-state index contributed by atoms with van der Waals surface area (Å²) in [6.45, 7) is 8.67. The van der Waals surface area contributed by atoms with Crippen LogP contribution in [0.4, 0.5) is 0 Å². The van der Waals surface area contributed by atoms with Gasteiger partial charge in [0.2, 0.25) is 0 Å². The van der Waals surface area contributed by atoms with Crippen molar-refractivity contribution in [1.82, 2.24) is 0 Å². The number of hydrogen-bond donors (Lipinski definition) is 0. The maximum absolute atomic E-state index is 3.36. The zero-order chi connectivity index (χ0) is 12.6. The summed E-state index contributed by atoms with van der Waals surface area (Å²) < 4.78 is 0. The summed E-state index contributed by atoms with van der Waals surface area (Å²) in [5, 5.41) is 0. The van der Waals surface area contributed by atoms with Crippen molar-refractivity contribution in [2.75, 3.05) is 0 Å². The number of hydrogen-bond acceptors (Lipinski definition) is 0. The van der Waals surface area contributed by atoms with Gasteiger partial charge in [0, 0.05) is 0 Å². The third-order valence-corrected chi connectivity index (χ3v) is 2.82. The quantitative estimate of drug-likeness (QED) is 0.442. The van der Waals surface area contributed by atoms with Crippen molar-refractivity contribution in [1.29, 1.82) is 0 Å². The minimum absolute atomic E-state index is 0. The van der Waals surface area contributed by atoms with Gasteiger partial charge in [-0.3, -0.25) is 12.2 Å². The molecule has 0 aromatic heterocycles. The van der Waals surface area contributed by atoms with E-state index >= 15 is 0 Å². The average molecular weight is 321 g/mol. The molecule has 0 aromatic rings. The van der Waals surface area contributed by atoms with Crippen molar-refractivity contribution in [3.63, 3.8) is 0 Å². The normalized spacial score (nSPS) is 18.8. The molecule has 0 nitrogen and oxygen atoms in total. The van der Waals surface area contributed by atoms with E-state index in [0.29, 0.717) is 5.92 Å². The Kier molecular flexibility index (Phi) is 17.5. The van der Waals surface area contributed by atoms with Crippen molar-refractivity contribution in [2.24, 2.45) is 5.92 Å². The van der Waals surface area contributed by atoms with Crippen LogP contribution in [-0.2, 0) is 20.0 Å². The molecule has 0 radical (unpaired) electrons. The molecule has 2 aliphatic carbocycles. The molecule has 2 aliphatic rings.